The van der Waals surface area contributed by atoms with E-state index in [0.29, 0.717) is 37.5 Å². The van der Waals surface area contributed by atoms with Crippen molar-refractivity contribution in [2.24, 2.45) is 5.10 Å². The standard InChI is InChI=1S/C31H31Br2N3O7/c1-18(2)42-27(37)17-41-30-26(39-5)14-21(28(32)29(30)33)15-34-35-31(38)25-13-12-24(43-25)16-40-23-10-8-22(9-11-23)36-19(3)6-7-20(36)4/h6-15,18H,16-17H2,1-5H3,(H,35,38)/b34-15+. The first-order chi connectivity index (χ1) is 20.6. The van der Waals surface area contributed by atoms with Crippen molar-refractivity contribution in [2.75, 3.05) is 13.7 Å². The molecule has 2 aromatic carbocycles. The van der Waals surface area contributed by atoms with Crippen LogP contribution in [0.5, 0.6) is 17.2 Å². The van der Waals surface area contributed by atoms with Gasteiger partial charge >= 0.3 is 11.9 Å². The van der Waals surface area contributed by atoms with E-state index in [-0.39, 0.29) is 25.1 Å². The summed E-state index contributed by atoms with van der Waals surface area (Å²) in [6.07, 6.45) is 1.18. The minimum atomic E-state index is -0.532. The Labute approximate surface area is 266 Å². The second kappa shape index (κ2) is 14.4. The highest BCUT2D eigenvalue weighted by atomic mass is 79.9. The Morgan fingerprint density at radius 1 is 1.00 bits per heavy atom. The van der Waals surface area contributed by atoms with Gasteiger partial charge in [-0.3, -0.25) is 4.79 Å². The molecule has 4 rings (SSSR count). The number of carbonyl (C=O) groups is 2. The van der Waals surface area contributed by atoms with E-state index in [1.807, 2.05) is 24.3 Å². The largest absolute Gasteiger partial charge is 0.493 e. The maximum absolute atomic E-state index is 12.6. The van der Waals surface area contributed by atoms with Crippen LogP contribution in [0.25, 0.3) is 5.69 Å². The number of rotatable bonds is 12. The van der Waals surface area contributed by atoms with Gasteiger partial charge in [0.15, 0.2) is 23.9 Å². The number of aryl methyl sites for hydroxylation is 2. The van der Waals surface area contributed by atoms with Crippen molar-refractivity contribution in [3.8, 4) is 22.9 Å². The fourth-order valence-electron chi connectivity index (χ4n) is 4.13. The summed E-state index contributed by atoms with van der Waals surface area (Å²) in [5.74, 6) is 0.865. The van der Waals surface area contributed by atoms with Crippen molar-refractivity contribution < 1.29 is 33.0 Å². The molecule has 0 unspecified atom stereocenters. The quantitative estimate of drug-likeness (QED) is 0.0965. The van der Waals surface area contributed by atoms with E-state index in [1.165, 1.54) is 13.3 Å². The fourth-order valence-corrected chi connectivity index (χ4v) is 5.06. The Balaban J connectivity index is 1.33. The predicted octanol–water partition coefficient (Wildman–Crippen LogP) is 6.89. The number of halogens is 2. The first kappa shape index (κ1) is 31.9. The van der Waals surface area contributed by atoms with Crippen LogP contribution >= 0.6 is 31.9 Å². The van der Waals surface area contributed by atoms with Crippen LogP contribution in [-0.4, -0.2) is 42.5 Å². The van der Waals surface area contributed by atoms with Gasteiger partial charge in [0.25, 0.3) is 0 Å². The number of nitrogens with zero attached hydrogens (tertiary/aromatic N) is 2. The second-order valence-electron chi connectivity index (χ2n) is 9.65. The van der Waals surface area contributed by atoms with Crippen LogP contribution in [0.3, 0.4) is 0 Å². The molecule has 0 fully saturated rings. The lowest BCUT2D eigenvalue weighted by atomic mass is 10.2. The summed E-state index contributed by atoms with van der Waals surface area (Å²) in [6, 6.07) is 16.8. The molecule has 1 N–H and O–H groups in total. The molecule has 0 spiro atoms. The molecule has 0 aliphatic carbocycles. The summed E-state index contributed by atoms with van der Waals surface area (Å²) in [4.78, 5) is 24.5. The normalized spacial score (nSPS) is 11.2. The average Bonchev–Trinajstić information content (AvgIpc) is 3.59. The zero-order valence-electron chi connectivity index (χ0n) is 24.3. The van der Waals surface area contributed by atoms with Crippen molar-refractivity contribution in [3.05, 3.63) is 92.0 Å². The maximum Gasteiger partial charge on any atom is 0.344 e. The molecule has 4 aromatic rings. The second-order valence-corrected chi connectivity index (χ2v) is 11.2. The first-order valence-electron chi connectivity index (χ1n) is 13.3. The molecule has 0 saturated carbocycles. The number of furan rings is 1. The molecule has 0 saturated heterocycles. The number of amides is 1. The van der Waals surface area contributed by atoms with E-state index in [2.05, 4.69) is 72.9 Å². The van der Waals surface area contributed by atoms with E-state index >= 15 is 0 Å². The van der Waals surface area contributed by atoms with Gasteiger partial charge in [-0.1, -0.05) is 0 Å². The van der Waals surface area contributed by atoms with Gasteiger partial charge in [-0.05, 0) is 114 Å². The monoisotopic (exact) mass is 715 g/mol. The smallest absolute Gasteiger partial charge is 0.344 e. The molecule has 1 amide bonds. The Morgan fingerprint density at radius 3 is 2.35 bits per heavy atom. The van der Waals surface area contributed by atoms with Gasteiger partial charge in [-0.2, -0.15) is 5.10 Å². The molecule has 10 nitrogen and oxygen atoms in total. The number of carbonyl (C=O) groups excluding carboxylic acids is 2. The highest BCUT2D eigenvalue weighted by Gasteiger charge is 2.19. The highest BCUT2D eigenvalue weighted by molar-refractivity contribution is 9.13. The van der Waals surface area contributed by atoms with Crippen LogP contribution in [0, 0.1) is 13.8 Å². The number of hydrazone groups is 1. The summed E-state index contributed by atoms with van der Waals surface area (Å²) in [7, 11) is 1.47. The molecule has 2 heterocycles. The zero-order chi connectivity index (χ0) is 31.1. The molecule has 0 atom stereocenters. The number of aromatic nitrogens is 1. The van der Waals surface area contributed by atoms with Crippen LogP contribution in [0.15, 0.2) is 73.1 Å². The van der Waals surface area contributed by atoms with E-state index < -0.39 is 11.9 Å². The predicted molar refractivity (Wildman–Crippen MR) is 168 cm³/mol. The van der Waals surface area contributed by atoms with E-state index in [1.54, 1.807) is 32.0 Å². The number of hydrogen-bond acceptors (Lipinski definition) is 8. The van der Waals surface area contributed by atoms with Crippen molar-refractivity contribution in [3.63, 3.8) is 0 Å². The van der Waals surface area contributed by atoms with Crippen molar-refractivity contribution >= 4 is 50.0 Å². The molecule has 0 radical (unpaired) electrons. The minimum Gasteiger partial charge on any atom is -0.493 e. The van der Waals surface area contributed by atoms with Crippen molar-refractivity contribution in [2.45, 2.75) is 40.4 Å². The Hall–Kier alpha value is -4.03. The van der Waals surface area contributed by atoms with Gasteiger partial charge in [0.05, 0.1) is 23.9 Å². The van der Waals surface area contributed by atoms with Gasteiger partial charge in [-0.15, -0.1) is 0 Å². The van der Waals surface area contributed by atoms with Crippen LogP contribution in [-0.2, 0) is 16.1 Å². The molecular formula is C31H31Br2N3O7. The third-order valence-corrected chi connectivity index (χ3v) is 8.22. The number of esters is 1. The number of methoxy groups -OCH3 is 1. The Morgan fingerprint density at radius 2 is 1.70 bits per heavy atom. The van der Waals surface area contributed by atoms with Crippen LogP contribution in [0.4, 0.5) is 0 Å². The molecular weight excluding hydrogens is 686 g/mol. The third kappa shape index (κ3) is 8.08. The summed E-state index contributed by atoms with van der Waals surface area (Å²) in [5, 5.41) is 4.04. The molecule has 0 aliphatic heterocycles. The van der Waals surface area contributed by atoms with E-state index in [9.17, 15) is 9.59 Å². The zero-order valence-corrected chi connectivity index (χ0v) is 27.4. The number of hydrogen-bond donors (Lipinski definition) is 1. The lowest BCUT2D eigenvalue weighted by molar-refractivity contribution is -0.149. The van der Waals surface area contributed by atoms with Gasteiger partial charge in [0.2, 0.25) is 0 Å². The maximum atomic E-state index is 12.6. The SMILES string of the molecule is COc1cc(/C=N/NC(=O)c2ccc(COc3ccc(-n4c(C)ccc4C)cc3)o2)c(Br)c(Br)c1OCC(=O)OC(C)C. The summed E-state index contributed by atoms with van der Waals surface area (Å²) in [6.45, 7) is 7.50. The number of ether oxygens (including phenoxy) is 4. The van der Waals surface area contributed by atoms with E-state index in [0.717, 1.165) is 17.1 Å². The van der Waals surface area contributed by atoms with Gasteiger partial charge < -0.3 is 27.9 Å². The first-order valence-corrected chi connectivity index (χ1v) is 14.8. The topological polar surface area (TPSA) is 114 Å². The van der Waals surface area contributed by atoms with Crippen molar-refractivity contribution in [1.29, 1.82) is 0 Å². The van der Waals surface area contributed by atoms with Crippen LogP contribution < -0.4 is 19.6 Å². The van der Waals surface area contributed by atoms with Gasteiger partial charge in [-0.25, -0.2) is 10.2 Å². The molecule has 0 aliphatic rings. The molecule has 43 heavy (non-hydrogen) atoms. The Bertz CT molecular complexity index is 1610. The average molecular weight is 717 g/mol. The molecule has 0 bridgehead atoms. The lowest BCUT2D eigenvalue weighted by Crippen LogP contribution is -2.19. The van der Waals surface area contributed by atoms with Crippen LogP contribution in [0.1, 0.15) is 47.1 Å². The van der Waals surface area contributed by atoms with Gasteiger partial charge in [0, 0.05) is 27.1 Å². The summed E-state index contributed by atoms with van der Waals surface area (Å²) >= 11 is 6.93. The lowest BCUT2D eigenvalue weighted by Gasteiger charge is -2.15. The highest BCUT2D eigenvalue weighted by Crippen LogP contribution is 2.42. The molecule has 226 valence electrons. The van der Waals surface area contributed by atoms with E-state index in [4.69, 9.17) is 23.4 Å². The van der Waals surface area contributed by atoms with Crippen molar-refractivity contribution in [1.82, 2.24) is 9.99 Å². The third-order valence-electron chi connectivity index (χ3n) is 6.08. The minimum absolute atomic E-state index is 0.0829. The van der Waals surface area contributed by atoms with Gasteiger partial charge in [0.1, 0.15) is 18.1 Å². The summed E-state index contributed by atoms with van der Waals surface area (Å²) < 4.78 is 30.9. The molecule has 2 aromatic heterocycles. The number of nitrogens with one attached hydrogen (secondary N) is 1. The van der Waals surface area contributed by atoms with Crippen LogP contribution in [0.2, 0.25) is 0 Å². The summed E-state index contributed by atoms with van der Waals surface area (Å²) in [5.41, 5.74) is 6.38. The molecule has 12 heteroatoms. The number of benzene rings is 2. The fraction of sp³-hybridized carbons (Fsp3) is 0.258. The Kier molecular flexibility index (Phi) is 10.7.